The van der Waals surface area contributed by atoms with E-state index in [1.165, 1.54) is 0 Å². The Labute approximate surface area is 65.3 Å². The third-order valence-corrected chi connectivity index (χ3v) is 1.91. The summed E-state index contributed by atoms with van der Waals surface area (Å²) >= 11 is 0. The molecular formula is C7H13NO3. The highest BCUT2D eigenvalue weighted by Gasteiger charge is 2.31. The second-order valence-electron chi connectivity index (χ2n) is 2.94. The fourth-order valence-corrected chi connectivity index (χ4v) is 1.23. The van der Waals surface area contributed by atoms with Crippen LogP contribution in [0.15, 0.2) is 0 Å². The zero-order valence-electron chi connectivity index (χ0n) is 6.49. The Morgan fingerprint density at radius 1 is 1.73 bits per heavy atom. The van der Waals surface area contributed by atoms with E-state index in [2.05, 4.69) is 0 Å². The molecule has 0 radical (unpaired) electrons. The number of hydrogen-bond donors (Lipinski definition) is 2. The topological polar surface area (TPSA) is 72.6 Å². The van der Waals surface area contributed by atoms with Crippen molar-refractivity contribution in [2.24, 2.45) is 5.73 Å². The molecule has 0 unspecified atom stereocenters. The molecule has 1 rings (SSSR count). The molecule has 0 aliphatic carbocycles. The molecule has 1 saturated heterocycles. The van der Waals surface area contributed by atoms with Crippen molar-refractivity contribution >= 4 is 5.97 Å². The van der Waals surface area contributed by atoms with Crippen molar-refractivity contribution in [2.45, 2.75) is 38.0 Å². The van der Waals surface area contributed by atoms with E-state index < -0.39 is 12.1 Å². The molecule has 0 amide bonds. The molecule has 0 aromatic heterocycles. The highest BCUT2D eigenvalue weighted by molar-refractivity contribution is 5.72. The number of hydrogen-bond acceptors (Lipinski definition) is 3. The largest absolute Gasteiger partial charge is 0.479 e. The minimum atomic E-state index is -0.881. The highest BCUT2D eigenvalue weighted by Crippen LogP contribution is 2.21. The molecule has 0 aromatic carbocycles. The van der Waals surface area contributed by atoms with Gasteiger partial charge in [-0.3, -0.25) is 0 Å². The van der Waals surface area contributed by atoms with Crippen molar-refractivity contribution in [2.75, 3.05) is 0 Å². The van der Waals surface area contributed by atoms with Crippen molar-refractivity contribution in [1.29, 1.82) is 0 Å². The monoisotopic (exact) mass is 159 g/mol. The van der Waals surface area contributed by atoms with Gasteiger partial charge < -0.3 is 15.6 Å². The lowest BCUT2D eigenvalue weighted by atomic mass is 10.1. The fourth-order valence-electron chi connectivity index (χ4n) is 1.23. The zero-order chi connectivity index (χ0) is 8.43. The van der Waals surface area contributed by atoms with E-state index in [4.69, 9.17) is 15.6 Å². The molecule has 3 atom stereocenters. The van der Waals surface area contributed by atoms with Crippen LogP contribution in [0, 0.1) is 0 Å². The molecule has 1 heterocycles. The summed E-state index contributed by atoms with van der Waals surface area (Å²) in [5.74, 6) is -0.881. The molecule has 0 bridgehead atoms. The second kappa shape index (κ2) is 3.19. The zero-order valence-corrected chi connectivity index (χ0v) is 6.49. The molecule has 1 aliphatic heterocycles. The van der Waals surface area contributed by atoms with Gasteiger partial charge in [0.1, 0.15) is 0 Å². The maximum absolute atomic E-state index is 10.4. The number of ether oxygens (including phenoxy) is 1. The predicted octanol–water partition coefficient (Wildman–Crippen LogP) is -0.0342. The Morgan fingerprint density at radius 2 is 2.36 bits per heavy atom. The summed E-state index contributed by atoms with van der Waals surface area (Å²) in [6.45, 7) is 1.83. The van der Waals surface area contributed by atoms with Gasteiger partial charge in [0.15, 0.2) is 6.10 Å². The molecule has 0 aromatic rings. The Balaban J connectivity index is 2.41. The second-order valence-corrected chi connectivity index (χ2v) is 2.94. The summed E-state index contributed by atoms with van der Waals surface area (Å²) in [4.78, 5) is 10.4. The van der Waals surface area contributed by atoms with Crippen LogP contribution in [0.5, 0.6) is 0 Å². The van der Waals surface area contributed by atoms with Gasteiger partial charge in [0.25, 0.3) is 0 Å². The highest BCUT2D eigenvalue weighted by atomic mass is 16.5. The summed E-state index contributed by atoms with van der Waals surface area (Å²) < 4.78 is 5.16. The lowest BCUT2D eigenvalue weighted by Gasteiger charge is -2.13. The van der Waals surface area contributed by atoms with Crippen LogP contribution in [0.2, 0.25) is 0 Å². The summed E-state index contributed by atoms with van der Waals surface area (Å²) in [5.41, 5.74) is 5.54. The molecule has 1 aliphatic rings. The number of nitrogens with two attached hydrogens (primary N) is 1. The van der Waals surface area contributed by atoms with Gasteiger partial charge in [-0.05, 0) is 19.8 Å². The number of carboxylic acids is 1. The summed E-state index contributed by atoms with van der Waals surface area (Å²) in [6, 6.07) is -0.0700. The van der Waals surface area contributed by atoms with Gasteiger partial charge in [-0.2, -0.15) is 0 Å². The van der Waals surface area contributed by atoms with Gasteiger partial charge in [-0.25, -0.2) is 4.79 Å². The molecular weight excluding hydrogens is 146 g/mol. The first-order valence-electron chi connectivity index (χ1n) is 3.75. The first-order valence-corrected chi connectivity index (χ1v) is 3.75. The number of aliphatic carboxylic acids is 1. The number of rotatable bonds is 2. The fraction of sp³-hybridized carbons (Fsp3) is 0.857. The Kier molecular flexibility index (Phi) is 2.46. The van der Waals surface area contributed by atoms with Crippen molar-refractivity contribution < 1.29 is 14.6 Å². The van der Waals surface area contributed by atoms with E-state index in [1.807, 2.05) is 6.92 Å². The lowest BCUT2D eigenvalue weighted by Crippen LogP contribution is -2.32. The van der Waals surface area contributed by atoms with Crippen LogP contribution >= 0.6 is 0 Å². The first-order chi connectivity index (χ1) is 5.11. The molecule has 4 nitrogen and oxygen atoms in total. The van der Waals surface area contributed by atoms with E-state index in [-0.39, 0.29) is 12.1 Å². The van der Waals surface area contributed by atoms with Gasteiger partial charge in [0.05, 0.1) is 6.10 Å². The summed E-state index contributed by atoms with van der Waals surface area (Å²) in [7, 11) is 0. The first kappa shape index (κ1) is 8.49. The van der Waals surface area contributed by atoms with E-state index in [0.717, 1.165) is 6.42 Å². The van der Waals surface area contributed by atoms with Crippen molar-refractivity contribution in [3.8, 4) is 0 Å². The Morgan fingerprint density at radius 3 is 2.64 bits per heavy atom. The summed E-state index contributed by atoms with van der Waals surface area (Å²) in [5, 5.41) is 8.55. The maximum Gasteiger partial charge on any atom is 0.332 e. The normalized spacial score (nSPS) is 33.6. The number of carboxylic acid groups (broad SMARTS) is 1. The molecule has 4 heteroatoms. The van der Waals surface area contributed by atoms with Crippen molar-refractivity contribution in [1.82, 2.24) is 0 Å². The number of carbonyl (C=O) groups is 1. The van der Waals surface area contributed by atoms with Crippen LogP contribution in [0.3, 0.4) is 0 Å². The van der Waals surface area contributed by atoms with Crippen LogP contribution in [-0.4, -0.2) is 29.3 Å². The lowest BCUT2D eigenvalue weighted by molar-refractivity contribution is -0.149. The van der Waals surface area contributed by atoms with Gasteiger partial charge in [-0.1, -0.05) is 0 Å². The predicted molar refractivity (Wildman–Crippen MR) is 39.2 cm³/mol. The Bertz CT molecular complexity index is 158. The van der Waals surface area contributed by atoms with E-state index in [1.54, 1.807) is 0 Å². The molecule has 3 N–H and O–H groups in total. The molecule has 11 heavy (non-hydrogen) atoms. The van der Waals surface area contributed by atoms with Crippen molar-refractivity contribution in [3.63, 3.8) is 0 Å². The molecule has 64 valence electrons. The third-order valence-electron chi connectivity index (χ3n) is 1.91. The molecule has 0 saturated carbocycles. The van der Waals surface area contributed by atoms with Crippen LogP contribution in [0.4, 0.5) is 0 Å². The van der Waals surface area contributed by atoms with Gasteiger partial charge in [0, 0.05) is 6.04 Å². The van der Waals surface area contributed by atoms with E-state index >= 15 is 0 Å². The van der Waals surface area contributed by atoms with E-state index in [9.17, 15) is 4.79 Å². The van der Waals surface area contributed by atoms with Crippen LogP contribution in [0.1, 0.15) is 19.8 Å². The quantitative estimate of drug-likeness (QED) is 0.593. The SMILES string of the molecule is C[C@@H](N)[C@H]1CC[C@H](C(=O)O)O1. The average molecular weight is 159 g/mol. The van der Waals surface area contributed by atoms with Crippen molar-refractivity contribution in [3.05, 3.63) is 0 Å². The smallest absolute Gasteiger partial charge is 0.332 e. The third kappa shape index (κ3) is 1.91. The van der Waals surface area contributed by atoms with Gasteiger partial charge in [0.2, 0.25) is 0 Å². The summed E-state index contributed by atoms with van der Waals surface area (Å²) in [6.07, 6.45) is 0.637. The molecule has 0 spiro atoms. The van der Waals surface area contributed by atoms with E-state index in [0.29, 0.717) is 6.42 Å². The average Bonchev–Trinajstić information content (AvgIpc) is 2.33. The molecule has 1 fully saturated rings. The minimum absolute atomic E-state index is 0.0700. The Hall–Kier alpha value is -0.610. The standard InChI is InChI=1S/C7H13NO3/c1-4(8)5-2-3-6(11-5)7(9)10/h4-6H,2-3,8H2,1H3,(H,9,10)/t4-,5-,6-/m1/s1. The van der Waals surface area contributed by atoms with Crippen LogP contribution < -0.4 is 5.73 Å². The maximum atomic E-state index is 10.4. The minimum Gasteiger partial charge on any atom is -0.479 e. The van der Waals surface area contributed by atoms with Crippen LogP contribution in [-0.2, 0) is 9.53 Å². The van der Waals surface area contributed by atoms with Gasteiger partial charge in [-0.15, -0.1) is 0 Å². The van der Waals surface area contributed by atoms with Crippen LogP contribution in [0.25, 0.3) is 0 Å². The van der Waals surface area contributed by atoms with Gasteiger partial charge >= 0.3 is 5.97 Å².